The highest BCUT2D eigenvalue weighted by atomic mass is 16.7. The highest BCUT2D eigenvalue weighted by Gasteiger charge is 2.18. The Kier molecular flexibility index (Phi) is 3.64. The molecule has 0 fully saturated rings. The number of fused-ring (bicyclic) bond motifs is 1. The van der Waals surface area contributed by atoms with Gasteiger partial charge in [0.15, 0.2) is 6.79 Å². The molecule has 88 valence electrons. The summed E-state index contributed by atoms with van der Waals surface area (Å²) in [4.78, 5) is 0. The maximum atomic E-state index is 5.52. The predicted octanol–water partition coefficient (Wildman–Crippen LogP) is 1.45. The zero-order chi connectivity index (χ0) is 11.4. The summed E-state index contributed by atoms with van der Waals surface area (Å²) < 4.78 is 16.1. The fourth-order valence-electron chi connectivity index (χ4n) is 1.92. The van der Waals surface area contributed by atoms with Gasteiger partial charge in [-0.05, 0) is 31.0 Å². The Morgan fingerprint density at radius 3 is 3.06 bits per heavy atom. The minimum Gasteiger partial charge on any atom is -0.496 e. The number of benzene rings is 1. The number of ether oxygens (including phenoxy) is 3. The first-order valence-electron chi connectivity index (χ1n) is 5.46. The summed E-state index contributed by atoms with van der Waals surface area (Å²) in [6.07, 6.45) is 1.88. The molecule has 0 radical (unpaired) electrons. The van der Waals surface area contributed by atoms with Gasteiger partial charge in [0.25, 0.3) is 0 Å². The Bertz CT molecular complexity index is 366. The second kappa shape index (κ2) is 5.18. The van der Waals surface area contributed by atoms with E-state index >= 15 is 0 Å². The predicted molar refractivity (Wildman–Crippen MR) is 60.7 cm³/mol. The summed E-state index contributed by atoms with van der Waals surface area (Å²) in [5, 5.41) is 0. The van der Waals surface area contributed by atoms with Crippen LogP contribution in [0.15, 0.2) is 12.1 Å². The Labute approximate surface area is 95.3 Å². The summed E-state index contributed by atoms with van der Waals surface area (Å²) in [5.41, 5.74) is 7.69. The second-order valence-electron chi connectivity index (χ2n) is 3.74. The lowest BCUT2D eigenvalue weighted by atomic mass is 10.0. The normalized spacial score (nSPS) is 14.1. The van der Waals surface area contributed by atoms with Gasteiger partial charge in [-0.3, -0.25) is 0 Å². The zero-order valence-corrected chi connectivity index (χ0v) is 9.49. The number of hydrogen-bond acceptors (Lipinski definition) is 4. The molecule has 0 unspecified atom stereocenters. The van der Waals surface area contributed by atoms with Crippen LogP contribution in [0.2, 0.25) is 0 Å². The van der Waals surface area contributed by atoms with Crippen molar-refractivity contribution in [1.29, 1.82) is 0 Å². The van der Waals surface area contributed by atoms with Crippen LogP contribution in [0, 0.1) is 0 Å². The molecule has 0 aliphatic carbocycles. The van der Waals surface area contributed by atoms with E-state index in [1.165, 1.54) is 5.56 Å². The molecule has 0 saturated carbocycles. The summed E-state index contributed by atoms with van der Waals surface area (Å²) in [7, 11) is 1.68. The van der Waals surface area contributed by atoms with Gasteiger partial charge in [0.05, 0.1) is 19.3 Å². The topological polar surface area (TPSA) is 53.7 Å². The van der Waals surface area contributed by atoms with Crippen LogP contribution in [0.1, 0.15) is 17.5 Å². The molecule has 4 heteroatoms. The van der Waals surface area contributed by atoms with E-state index in [0.717, 1.165) is 29.9 Å². The van der Waals surface area contributed by atoms with E-state index in [1.807, 2.05) is 12.1 Å². The average molecular weight is 223 g/mol. The lowest BCUT2D eigenvalue weighted by Gasteiger charge is -2.21. The fraction of sp³-hybridized carbons (Fsp3) is 0.500. The molecular formula is C12H17NO3. The van der Waals surface area contributed by atoms with Crippen molar-refractivity contribution in [2.75, 3.05) is 20.4 Å². The van der Waals surface area contributed by atoms with E-state index < -0.39 is 0 Å². The molecule has 1 aliphatic rings. The van der Waals surface area contributed by atoms with Gasteiger partial charge < -0.3 is 19.9 Å². The third-order valence-electron chi connectivity index (χ3n) is 2.70. The maximum Gasteiger partial charge on any atom is 0.189 e. The third-order valence-corrected chi connectivity index (χ3v) is 2.70. The molecule has 1 aliphatic heterocycles. The molecule has 1 heterocycles. The van der Waals surface area contributed by atoms with Crippen LogP contribution in [0.25, 0.3) is 0 Å². The van der Waals surface area contributed by atoms with E-state index in [-0.39, 0.29) is 0 Å². The monoisotopic (exact) mass is 223 g/mol. The maximum absolute atomic E-state index is 5.52. The number of aryl methyl sites for hydroxylation is 1. The van der Waals surface area contributed by atoms with Crippen LogP contribution in [-0.2, 0) is 17.8 Å². The van der Waals surface area contributed by atoms with Crippen molar-refractivity contribution in [3.8, 4) is 11.5 Å². The molecule has 2 rings (SSSR count). The van der Waals surface area contributed by atoms with Gasteiger partial charge in [0, 0.05) is 0 Å². The van der Waals surface area contributed by atoms with Gasteiger partial charge in [-0.25, -0.2) is 0 Å². The average Bonchev–Trinajstić information content (AvgIpc) is 2.35. The Hall–Kier alpha value is -1.26. The quantitative estimate of drug-likeness (QED) is 0.839. The molecule has 4 nitrogen and oxygen atoms in total. The highest BCUT2D eigenvalue weighted by Crippen LogP contribution is 2.35. The molecule has 1 aromatic carbocycles. The Balaban J connectivity index is 2.31. The third kappa shape index (κ3) is 2.13. The van der Waals surface area contributed by atoms with E-state index in [4.69, 9.17) is 19.9 Å². The number of methoxy groups -OCH3 is 1. The smallest absolute Gasteiger partial charge is 0.189 e. The molecule has 0 amide bonds. The van der Waals surface area contributed by atoms with Gasteiger partial charge in [0.2, 0.25) is 0 Å². The van der Waals surface area contributed by atoms with Gasteiger partial charge >= 0.3 is 0 Å². The van der Waals surface area contributed by atoms with E-state index in [1.54, 1.807) is 7.11 Å². The van der Waals surface area contributed by atoms with Crippen molar-refractivity contribution in [3.63, 3.8) is 0 Å². The zero-order valence-electron chi connectivity index (χ0n) is 9.49. The molecule has 0 saturated heterocycles. The Morgan fingerprint density at radius 2 is 2.31 bits per heavy atom. The number of nitrogens with two attached hydrogens (primary N) is 1. The summed E-state index contributed by atoms with van der Waals surface area (Å²) in [5.74, 6) is 1.74. The lowest BCUT2D eigenvalue weighted by molar-refractivity contribution is -0.0175. The largest absolute Gasteiger partial charge is 0.496 e. The molecular weight excluding hydrogens is 206 g/mol. The van der Waals surface area contributed by atoms with E-state index in [9.17, 15) is 0 Å². The van der Waals surface area contributed by atoms with Gasteiger partial charge in [-0.15, -0.1) is 0 Å². The summed E-state index contributed by atoms with van der Waals surface area (Å²) in [6, 6.07) is 4.02. The van der Waals surface area contributed by atoms with Crippen LogP contribution >= 0.6 is 0 Å². The molecule has 0 atom stereocenters. The molecule has 16 heavy (non-hydrogen) atoms. The minimum atomic E-state index is 0.318. The molecule has 1 aromatic rings. The Morgan fingerprint density at radius 1 is 1.44 bits per heavy atom. The van der Waals surface area contributed by atoms with Crippen LogP contribution in [0.3, 0.4) is 0 Å². The van der Waals surface area contributed by atoms with Crippen molar-refractivity contribution in [2.45, 2.75) is 19.4 Å². The standard InChI is InChI=1S/C12H17NO3/c1-14-12-9(3-2-6-13)4-5-11-10(12)7-15-8-16-11/h4-5H,2-3,6-8,13H2,1H3. The van der Waals surface area contributed by atoms with Crippen molar-refractivity contribution >= 4 is 0 Å². The SMILES string of the molecule is COc1c(CCCN)ccc2c1COCO2. The van der Waals surface area contributed by atoms with Crippen LogP contribution < -0.4 is 15.2 Å². The number of rotatable bonds is 4. The van der Waals surface area contributed by atoms with Gasteiger partial charge in [-0.1, -0.05) is 6.07 Å². The second-order valence-corrected chi connectivity index (χ2v) is 3.74. The van der Waals surface area contributed by atoms with Crippen molar-refractivity contribution < 1.29 is 14.2 Å². The van der Waals surface area contributed by atoms with E-state index in [2.05, 4.69) is 0 Å². The van der Waals surface area contributed by atoms with Crippen molar-refractivity contribution in [2.24, 2.45) is 5.73 Å². The highest BCUT2D eigenvalue weighted by molar-refractivity contribution is 5.50. The fourth-order valence-corrected chi connectivity index (χ4v) is 1.92. The molecule has 0 bridgehead atoms. The molecule has 2 N–H and O–H groups in total. The number of hydrogen-bond donors (Lipinski definition) is 1. The molecule has 0 spiro atoms. The first-order chi connectivity index (χ1) is 7.86. The van der Waals surface area contributed by atoms with Gasteiger partial charge in [-0.2, -0.15) is 0 Å². The van der Waals surface area contributed by atoms with Crippen molar-refractivity contribution in [1.82, 2.24) is 0 Å². The van der Waals surface area contributed by atoms with Gasteiger partial charge in [0.1, 0.15) is 11.5 Å². The first-order valence-corrected chi connectivity index (χ1v) is 5.46. The van der Waals surface area contributed by atoms with E-state index in [0.29, 0.717) is 19.9 Å². The lowest BCUT2D eigenvalue weighted by Crippen LogP contribution is -2.13. The molecule has 0 aromatic heterocycles. The minimum absolute atomic E-state index is 0.318. The van der Waals surface area contributed by atoms with Crippen LogP contribution in [0.5, 0.6) is 11.5 Å². The van der Waals surface area contributed by atoms with Crippen molar-refractivity contribution in [3.05, 3.63) is 23.3 Å². The summed E-state index contributed by atoms with van der Waals surface area (Å²) in [6.45, 7) is 1.56. The van der Waals surface area contributed by atoms with Crippen LogP contribution in [-0.4, -0.2) is 20.4 Å². The first kappa shape index (κ1) is 11.2. The van der Waals surface area contributed by atoms with Crippen LogP contribution in [0.4, 0.5) is 0 Å². The summed E-state index contributed by atoms with van der Waals surface area (Å²) >= 11 is 0.